The Hall–Kier alpha value is -5.74. The van der Waals surface area contributed by atoms with Crippen molar-refractivity contribution in [3.8, 4) is 44.8 Å². The topological polar surface area (TPSA) is 38.9 Å². The Bertz CT molecular complexity index is 3100. The molecule has 9 aromatic rings. The van der Waals surface area contributed by atoms with Gasteiger partial charge in [-0.15, -0.1) is 47.5 Å². The van der Waals surface area contributed by atoms with E-state index in [0.717, 1.165) is 55.1 Å². The maximum atomic E-state index is 13.2. The summed E-state index contributed by atoms with van der Waals surface area (Å²) in [6.07, 6.45) is 1.65. The van der Waals surface area contributed by atoms with Crippen molar-refractivity contribution < 1.29 is 39.9 Å². The van der Waals surface area contributed by atoms with Gasteiger partial charge in [0.25, 0.3) is 0 Å². The van der Waals surface area contributed by atoms with E-state index >= 15 is 0 Å². The van der Waals surface area contributed by atoms with Gasteiger partial charge in [-0.25, -0.2) is 4.39 Å². The van der Waals surface area contributed by atoms with Gasteiger partial charge in [0.05, 0.1) is 5.58 Å². The number of nitrogens with zero attached hydrogens (tertiary/aromatic N) is 2. The number of pyridine rings is 2. The number of aryl methyl sites for hydroxylation is 2. The summed E-state index contributed by atoms with van der Waals surface area (Å²) in [7, 11) is 0. The van der Waals surface area contributed by atoms with E-state index in [2.05, 4.69) is 46.4 Å². The van der Waals surface area contributed by atoms with Crippen LogP contribution in [0.5, 0.6) is 0 Å². The summed E-state index contributed by atoms with van der Waals surface area (Å²) in [4.78, 5) is 8.82. The van der Waals surface area contributed by atoms with Gasteiger partial charge in [-0.3, -0.25) is 0 Å². The van der Waals surface area contributed by atoms with Gasteiger partial charge in [-0.05, 0) is 81.4 Å². The van der Waals surface area contributed by atoms with Crippen LogP contribution >= 0.6 is 0 Å². The second kappa shape index (κ2) is 16.2. The van der Waals surface area contributed by atoms with E-state index in [1.165, 1.54) is 42.6 Å². The molecule has 0 fully saturated rings. The molecule has 3 aromatic heterocycles. The molecule has 56 heavy (non-hydrogen) atoms. The van der Waals surface area contributed by atoms with Crippen LogP contribution in [0.25, 0.3) is 77.5 Å². The van der Waals surface area contributed by atoms with Crippen molar-refractivity contribution in [2.24, 2.45) is 5.41 Å². The molecule has 6 aromatic carbocycles. The van der Waals surface area contributed by atoms with Crippen molar-refractivity contribution in [2.75, 3.05) is 0 Å². The zero-order chi connectivity index (χ0) is 44.9. The predicted octanol–water partition coefficient (Wildman–Crippen LogP) is 13.8. The molecule has 0 N–H and O–H groups in total. The van der Waals surface area contributed by atoms with Crippen molar-refractivity contribution in [3.05, 3.63) is 180 Å². The van der Waals surface area contributed by atoms with Crippen molar-refractivity contribution in [1.29, 1.82) is 0 Å². The average molecular weight is 917 g/mol. The second-order valence-electron chi connectivity index (χ2n) is 14.4. The first kappa shape index (κ1) is 29.5. The molecule has 279 valence electrons. The second-order valence-corrected chi connectivity index (χ2v) is 14.4. The standard InChI is InChI=1S/C32H26NO.C19H15FN.Ir/c1-32(2,3)20-21-11-13-22(14-12-21)24-17-18-33-29(19-24)28-10-6-9-26-27-16-15-23-7-4-5-8-25(23)30(27)34-31(26)28;1-13-3-10-19(21-12-13)16-5-4-14(2)18(11-16)15-6-8-17(20)9-7-15;/h4-9,11-19H,20H2,1-3H3;3-4,6-12H,1-2H3;/q2*-1;/i20D2;1D3,2D3;. The van der Waals surface area contributed by atoms with Crippen molar-refractivity contribution in [2.45, 2.75) is 40.8 Å². The first-order chi connectivity index (χ1) is 29.8. The minimum Gasteiger partial charge on any atom is -0.500 e. The Morgan fingerprint density at radius 2 is 1.50 bits per heavy atom. The summed E-state index contributed by atoms with van der Waals surface area (Å²) in [5.41, 5.74) is 7.64. The fourth-order valence-electron chi connectivity index (χ4n) is 6.65. The maximum Gasteiger partial charge on any atom is 0.128 e. The Morgan fingerprint density at radius 1 is 0.714 bits per heavy atom. The third-order valence-corrected chi connectivity index (χ3v) is 9.22. The smallest absolute Gasteiger partial charge is 0.128 e. The van der Waals surface area contributed by atoms with Gasteiger partial charge < -0.3 is 14.4 Å². The molecule has 0 atom stereocenters. The maximum absolute atomic E-state index is 13.2. The number of furan rings is 1. The van der Waals surface area contributed by atoms with E-state index in [1.54, 1.807) is 18.3 Å². The summed E-state index contributed by atoms with van der Waals surface area (Å²) in [6.45, 7) is 1.16. The van der Waals surface area contributed by atoms with Gasteiger partial charge in [-0.2, -0.15) is 0 Å². The zero-order valence-corrected chi connectivity index (χ0v) is 33.3. The fraction of sp³-hybridized carbons (Fsp3) is 0.137. The molecular weight excluding hydrogens is 868 g/mol. The third-order valence-electron chi connectivity index (χ3n) is 9.22. The largest absolute Gasteiger partial charge is 0.500 e. The van der Waals surface area contributed by atoms with Gasteiger partial charge in [0, 0.05) is 54.2 Å². The van der Waals surface area contributed by atoms with Gasteiger partial charge >= 0.3 is 0 Å². The van der Waals surface area contributed by atoms with Crippen LogP contribution in [0.15, 0.2) is 150 Å². The molecule has 0 aliphatic rings. The van der Waals surface area contributed by atoms with E-state index in [9.17, 15) is 4.39 Å². The van der Waals surface area contributed by atoms with Gasteiger partial charge in [-0.1, -0.05) is 135 Å². The van der Waals surface area contributed by atoms with Gasteiger partial charge in [0.2, 0.25) is 0 Å². The van der Waals surface area contributed by atoms with Crippen LogP contribution in [-0.4, -0.2) is 9.97 Å². The van der Waals surface area contributed by atoms with E-state index in [4.69, 9.17) is 15.4 Å². The number of benzene rings is 6. The van der Waals surface area contributed by atoms with Gasteiger partial charge in [0.15, 0.2) is 0 Å². The van der Waals surface area contributed by atoms with Crippen LogP contribution in [0.4, 0.5) is 4.39 Å². The molecule has 0 aliphatic carbocycles. The summed E-state index contributed by atoms with van der Waals surface area (Å²) in [5, 5.41) is 4.37. The van der Waals surface area contributed by atoms with Crippen LogP contribution < -0.4 is 0 Å². The van der Waals surface area contributed by atoms with E-state index in [0.29, 0.717) is 27.9 Å². The zero-order valence-electron chi connectivity index (χ0n) is 38.9. The van der Waals surface area contributed by atoms with Gasteiger partial charge in [0.1, 0.15) is 11.4 Å². The number of halogens is 1. The molecule has 3 nitrogen and oxygen atoms in total. The molecule has 9 rings (SSSR count). The molecule has 0 saturated heterocycles. The molecule has 0 bridgehead atoms. The molecule has 0 aliphatic heterocycles. The van der Waals surface area contributed by atoms with E-state index in [-0.39, 0.29) is 31.2 Å². The summed E-state index contributed by atoms with van der Waals surface area (Å²) < 4.78 is 82.2. The predicted molar refractivity (Wildman–Crippen MR) is 225 cm³/mol. The number of hydrogen-bond acceptors (Lipinski definition) is 3. The van der Waals surface area contributed by atoms with E-state index in [1.807, 2.05) is 81.4 Å². The van der Waals surface area contributed by atoms with Crippen LogP contribution in [0, 0.1) is 37.1 Å². The first-order valence-electron chi connectivity index (χ1n) is 21.9. The van der Waals surface area contributed by atoms with Crippen LogP contribution in [0.3, 0.4) is 0 Å². The monoisotopic (exact) mass is 917 g/mol. The summed E-state index contributed by atoms with van der Waals surface area (Å²) in [5.74, 6) is -0.418. The molecule has 3 heterocycles. The number of rotatable bonds is 5. The molecule has 1 radical (unpaired) electrons. The fourth-order valence-corrected chi connectivity index (χ4v) is 6.65. The molecule has 0 spiro atoms. The minimum atomic E-state index is -2.36. The normalized spacial score (nSPS) is 14.1. The van der Waals surface area contributed by atoms with Crippen molar-refractivity contribution >= 4 is 32.7 Å². The Labute approximate surface area is 352 Å². The SMILES string of the molecule is [2H]C([2H])([2H])c1ccc(-c2[c-]cc(C([2H])([2H])[2H])c(-c3ccc(F)cc3)c2)nc1.[2H]C([2H])(c1ccc(-c2ccnc(-c3[c-]ccc4c3oc3c5ccccc5ccc43)c2)cc1)C(C)(C)C.[Ir]. The quantitative estimate of drug-likeness (QED) is 0.162. The number of hydrogen-bond donors (Lipinski definition) is 0. The molecule has 0 unspecified atom stereocenters. The summed E-state index contributed by atoms with van der Waals surface area (Å²) >= 11 is 0. The average Bonchev–Trinajstić information content (AvgIpc) is 3.65. The molecule has 0 amide bonds. The first-order valence-corrected chi connectivity index (χ1v) is 17.9. The number of fused-ring (bicyclic) bond motifs is 5. The van der Waals surface area contributed by atoms with E-state index < -0.39 is 31.3 Å². The number of aromatic nitrogens is 2. The molecule has 5 heteroatoms. The minimum absolute atomic E-state index is 0. The Kier molecular flexibility index (Phi) is 8.52. The van der Waals surface area contributed by atoms with Crippen LogP contribution in [0.2, 0.25) is 0 Å². The van der Waals surface area contributed by atoms with Crippen molar-refractivity contribution in [1.82, 2.24) is 9.97 Å². The Balaban J connectivity index is 0.000000197. The molecular formula is C51H41FIrN2O-2. The summed E-state index contributed by atoms with van der Waals surface area (Å²) in [6, 6.07) is 46.0. The van der Waals surface area contributed by atoms with Crippen LogP contribution in [0.1, 0.15) is 48.4 Å². The Morgan fingerprint density at radius 3 is 2.25 bits per heavy atom. The van der Waals surface area contributed by atoms with Crippen LogP contribution in [-0.2, 0) is 26.5 Å². The van der Waals surface area contributed by atoms with Crippen molar-refractivity contribution in [3.63, 3.8) is 0 Å². The third kappa shape index (κ3) is 8.26. The molecule has 0 saturated carbocycles.